The molecule has 8 nitrogen and oxygen atoms in total. The molecule has 1 amide bonds. The Kier molecular flexibility index (Phi) is 6.48. The van der Waals surface area contributed by atoms with Crippen molar-refractivity contribution in [2.45, 2.75) is 43.9 Å². The Balaban J connectivity index is 1.32. The number of amides is 1. The lowest BCUT2D eigenvalue weighted by Crippen LogP contribution is -2.44. The molecule has 0 aromatic carbocycles. The number of hydrogen-bond donors (Lipinski definition) is 2. The van der Waals surface area contributed by atoms with Gasteiger partial charge in [-0.2, -0.15) is 0 Å². The van der Waals surface area contributed by atoms with Crippen LogP contribution in [0.5, 0.6) is 0 Å². The quantitative estimate of drug-likeness (QED) is 0.506. The molecule has 0 saturated carbocycles. The predicted molar refractivity (Wildman–Crippen MR) is 116 cm³/mol. The van der Waals surface area contributed by atoms with Crippen molar-refractivity contribution >= 4 is 50.2 Å². The molecule has 1 aliphatic rings. The minimum absolute atomic E-state index is 0.0141. The molecule has 0 atom stereocenters. The number of carbonyl (C=O) groups excluding carboxylic acids is 1. The average molecular weight is 451 g/mol. The Morgan fingerprint density at radius 1 is 1.10 bits per heavy atom. The first-order valence-corrected chi connectivity index (χ1v) is 12.0. The Morgan fingerprint density at radius 2 is 1.83 bits per heavy atom. The van der Waals surface area contributed by atoms with Crippen LogP contribution in [0.25, 0.3) is 0 Å². The number of rotatable bonds is 8. The molecule has 4 rings (SSSR count). The molecule has 0 aliphatic carbocycles. The second-order valence-corrected chi connectivity index (χ2v) is 9.97. The number of nitrogen functional groups attached to an aromatic ring is 1. The van der Waals surface area contributed by atoms with Gasteiger partial charge < -0.3 is 10.5 Å². The fourth-order valence-corrected chi connectivity index (χ4v) is 5.81. The van der Waals surface area contributed by atoms with E-state index < -0.39 is 5.41 Å². The summed E-state index contributed by atoms with van der Waals surface area (Å²) < 4.78 is 5.50. The molecule has 29 heavy (non-hydrogen) atoms. The van der Waals surface area contributed by atoms with Crippen LogP contribution in [0, 0.1) is 0 Å². The van der Waals surface area contributed by atoms with Gasteiger partial charge in [0.15, 0.2) is 0 Å². The molecule has 1 saturated heterocycles. The number of aromatic nitrogens is 4. The summed E-state index contributed by atoms with van der Waals surface area (Å²) in [4.78, 5) is 14.3. The number of unbranched alkanes of at least 4 members (excludes halogenated alkanes) is 1. The third kappa shape index (κ3) is 4.80. The zero-order valence-corrected chi connectivity index (χ0v) is 18.2. The highest BCUT2D eigenvalue weighted by molar-refractivity contribution is 7.15. The SMILES string of the molecule is Nc1nnc(CCCCc2nnc(NC(=O)C3(c4cccs4)CCOCC3)s2)s1. The van der Waals surface area contributed by atoms with Crippen LogP contribution in [-0.2, 0) is 27.8 Å². The molecule has 4 heterocycles. The Hall–Kier alpha value is -1.95. The third-order valence-electron chi connectivity index (χ3n) is 4.97. The maximum Gasteiger partial charge on any atom is 0.237 e. The first kappa shape index (κ1) is 20.3. The summed E-state index contributed by atoms with van der Waals surface area (Å²) in [5.41, 5.74) is 5.06. The molecule has 154 valence electrons. The zero-order chi connectivity index (χ0) is 20.1. The number of nitrogens with two attached hydrogens (primary N) is 1. The summed E-state index contributed by atoms with van der Waals surface area (Å²) in [7, 11) is 0. The van der Waals surface area contributed by atoms with E-state index in [9.17, 15) is 4.79 Å². The van der Waals surface area contributed by atoms with Crippen molar-refractivity contribution in [1.29, 1.82) is 0 Å². The summed E-state index contributed by atoms with van der Waals surface area (Å²) in [6.07, 6.45) is 5.01. The summed E-state index contributed by atoms with van der Waals surface area (Å²) >= 11 is 4.50. The summed E-state index contributed by atoms with van der Waals surface area (Å²) in [5.74, 6) is -0.0141. The van der Waals surface area contributed by atoms with Crippen LogP contribution in [0.3, 0.4) is 0 Å². The van der Waals surface area contributed by atoms with Crippen LogP contribution in [-0.4, -0.2) is 39.5 Å². The minimum Gasteiger partial charge on any atom is -0.381 e. The molecule has 0 radical (unpaired) electrons. The summed E-state index contributed by atoms with van der Waals surface area (Å²) in [5, 5.41) is 24.2. The average Bonchev–Trinajstić information content (AvgIpc) is 3.49. The number of aryl methyl sites for hydroxylation is 2. The fraction of sp³-hybridized carbons (Fsp3) is 0.500. The van der Waals surface area contributed by atoms with E-state index in [1.807, 2.05) is 17.5 Å². The molecule has 11 heteroatoms. The van der Waals surface area contributed by atoms with Crippen LogP contribution < -0.4 is 11.1 Å². The number of carbonyl (C=O) groups is 1. The van der Waals surface area contributed by atoms with Crippen molar-refractivity contribution in [1.82, 2.24) is 20.4 Å². The highest BCUT2D eigenvalue weighted by Gasteiger charge is 2.43. The Bertz CT molecular complexity index is 933. The first-order chi connectivity index (χ1) is 14.2. The molecule has 3 aromatic heterocycles. The van der Waals surface area contributed by atoms with E-state index in [0.29, 0.717) is 36.3 Å². The lowest BCUT2D eigenvalue weighted by molar-refractivity contribution is -0.125. The third-order valence-corrected chi connectivity index (χ3v) is 7.76. The van der Waals surface area contributed by atoms with Gasteiger partial charge in [0.1, 0.15) is 10.0 Å². The van der Waals surface area contributed by atoms with E-state index in [1.54, 1.807) is 11.3 Å². The largest absolute Gasteiger partial charge is 0.381 e. The van der Waals surface area contributed by atoms with Crippen molar-refractivity contribution in [2.24, 2.45) is 0 Å². The highest BCUT2D eigenvalue weighted by Crippen LogP contribution is 2.38. The monoisotopic (exact) mass is 450 g/mol. The van der Waals surface area contributed by atoms with Gasteiger partial charge >= 0.3 is 0 Å². The molecule has 1 fully saturated rings. The molecular weight excluding hydrogens is 428 g/mol. The van der Waals surface area contributed by atoms with Gasteiger partial charge in [0.05, 0.1) is 5.41 Å². The zero-order valence-electron chi connectivity index (χ0n) is 15.8. The van der Waals surface area contributed by atoms with E-state index in [-0.39, 0.29) is 5.91 Å². The van der Waals surface area contributed by atoms with E-state index in [4.69, 9.17) is 10.5 Å². The van der Waals surface area contributed by atoms with Gasteiger partial charge in [-0.05, 0) is 37.1 Å². The standard InChI is InChI=1S/C18H22N6O2S3/c19-16-23-21-13(28-16)5-1-2-6-14-22-24-17(29-14)20-15(25)18(7-9-26-10-8-18)12-4-3-11-27-12/h3-4,11H,1-2,5-10H2,(H2,19,23)(H,20,24,25). The van der Waals surface area contributed by atoms with E-state index in [0.717, 1.165) is 40.6 Å². The molecule has 3 aromatic rings. The molecule has 0 bridgehead atoms. The lowest BCUT2D eigenvalue weighted by atomic mass is 9.78. The van der Waals surface area contributed by atoms with Crippen molar-refractivity contribution < 1.29 is 9.53 Å². The lowest BCUT2D eigenvalue weighted by Gasteiger charge is -2.34. The van der Waals surface area contributed by atoms with Gasteiger partial charge in [-0.25, -0.2) is 0 Å². The topological polar surface area (TPSA) is 116 Å². The van der Waals surface area contributed by atoms with E-state index in [2.05, 4.69) is 25.7 Å². The first-order valence-electron chi connectivity index (χ1n) is 9.49. The number of thiophene rings is 1. The number of anilines is 2. The van der Waals surface area contributed by atoms with E-state index in [1.165, 1.54) is 22.7 Å². The minimum atomic E-state index is -0.540. The molecular formula is C18H22N6O2S3. The van der Waals surface area contributed by atoms with Crippen molar-refractivity contribution in [3.05, 3.63) is 32.4 Å². The Morgan fingerprint density at radius 3 is 2.48 bits per heavy atom. The number of hydrogen-bond acceptors (Lipinski definition) is 10. The van der Waals surface area contributed by atoms with E-state index >= 15 is 0 Å². The van der Waals surface area contributed by atoms with Crippen molar-refractivity contribution in [3.8, 4) is 0 Å². The van der Waals surface area contributed by atoms with Gasteiger partial charge in [-0.1, -0.05) is 28.7 Å². The Labute approximate surface area is 180 Å². The van der Waals surface area contributed by atoms with Crippen LogP contribution in [0.4, 0.5) is 10.3 Å². The normalized spacial score (nSPS) is 16.0. The van der Waals surface area contributed by atoms with Crippen LogP contribution >= 0.6 is 34.0 Å². The smallest absolute Gasteiger partial charge is 0.237 e. The molecule has 0 spiro atoms. The molecule has 0 unspecified atom stereocenters. The highest BCUT2D eigenvalue weighted by atomic mass is 32.1. The van der Waals surface area contributed by atoms with Gasteiger partial charge in [0.2, 0.25) is 16.2 Å². The number of ether oxygens (including phenoxy) is 1. The molecule has 1 aliphatic heterocycles. The van der Waals surface area contributed by atoms with Gasteiger partial charge in [-0.15, -0.1) is 31.7 Å². The van der Waals surface area contributed by atoms with Gasteiger partial charge in [-0.3, -0.25) is 10.1 Å². The van der Waals surface area contributed by atoms with Crippen LogP contribution in [0.15, 0.2) is 17.5 Å². The maximum atomic E-state index is 13.2. The number of nitrogens with zero attached hydrogens (tertiary/aromatic N) is 4. The predicted octanol–water partition coefficient (Wildman–Crippen LogP) is 3.29. The second kappa shape index (κ2) is 9.24. The summed E-state index contributed by atoms with van der Waals surface area (Å²) in [6.45, 7) is 1.18. The fourth-order valence-electron chi connectivity index (χ4n) is 3.40. The second-order valence-electron chi connectivity index (χ2n) is 6.87. The van der Waals surface area contributed by atoms with Gasteiger partial charge in [0.25, 0.3) is 0 Å². The van der Waals surface area contributed by atoms with Crippen LogP contribution in [0.2, 0.25) is 0 Å². The van der Waals surface area contributed by atoms with Crippen molar-refractivity contribution in [3.63, 3.8) is 0 Å². The van der Waals surface area contributed by atoms with Crippen molar-refractivity contribution in [2.75, 3.05) is 24.3 Å². The number of nitrogens with one attached hydrogen (secondary N) is 1. The van der Waals surface area contributed by atoms with Gasteiger partial charge in [0, 0.05) is 30.9 Å². The maximum absolute atomic E-state index is 13.2. The summed E-state index contributed by atoms with van der Waals surface area (Å²) in [6, 6.07) is 4.02. The van der Waals surface area contributed by atoms with Crippen LogP contribution in [0.1, 0.15) is 40.6 Å². The molecule has 3 N–H and O–H groups in total.